The summed E-state index contributed by atoms with van der Waals surface area (Å²) in [5.74, 6) is -7.73. The summed E-state index contributed by atoms with van der Waals surface area (Å²) in [6, 6.07) is 7.40. The summed E-state index contributed by atoms with van der Waals surface area (Å²) in [6.07, 6.45) is -0.197. The van der Waals surface area contributed by atoms with Crippen LogP contribution in [-0.2, 0) is 23.7 Å². The number of aromatic amines is 1. The van der Waals surface area contributed by atoms with Gasteiger partial charge in [0, 0.05) is 23.1 Å². The fourth-order valence-electron chi connectivity index (χ4n) is 6.62. The highest BCUT2D eigenvalue weighted by molar-refractivity contribution is 7.16. The van der Waals surface area contributed by atoms with E-state index >= 15 is 8.78 Å². The Labute approximate surface area is 259 Å². The number of nitrogens with one attached hydrogen (secondary N) is 2. The molecule has 46 heavy (non-hydrogen) atoms. The van der Waals surface area contributed by atoms with Crippen molar-refractivity contribution in [1.29, 1.82) is 0 Å². The lowest BCUT2D eigenvalue weighted by atomic mass is 9.94. The zero-order valence-electron chi connectivity index (χ0n) is 23.4. The van der Waals surface area contributed by atoms with Gasteiger partial charge in [0.25, 0.3) is 12.3 Å². The van der Waals surface area contributed by atoms with Gasteiger partial charge in [0.05, 0.1) is 51.0 Å². The number of hydrogen-bond acceptors (Lipinski definition) is 6. The van der Waals surface area contributed by atoms with Crippen molar-refractivity contribution in [3.8, 4) is 11.1 Å². The fourth-order valence-corrected chi connectivity index (χ4v) is 7.28. The number of thiazole rings is 1. The van der Waals surface area contributed by atoms with Gasteiger partial charge in [0.2, 0.25) is 5.91 Å². The average molecular weight is 654 g/mol. The number of rotatable bonds is 8. The standard InChI is InChI=1S/C31H21F6N7OS/c32-15-3-13(4-16(33)7-15)5-20(42-23(45)10-44-29-25(28(43-44)30(34)35)17-8-18(17)31(29,36)37)26-24(27-21(9-38-26)39-11-40-27)14-1-2-22-19(6-14)41-12-46-22/h1-4,6-7,9,11-12,17-18,20,30H,5,8,10H2,(H,39,40)(H,42,45)/t17-,18+,20+/m0/s1. The Kier molecular flexibility index (Phi) is 6.46. The molecule has 2 N–H and O–H groups in total. The van der Waals surface area contributed by atoms with Crippen molar-refractivity contribution in [3.05, 3.63) is 94.3 Å². The second-order valence-electron chi connectivity index (χ2n) is 11.5. The van der Waals surface area contributed by atoms with E-state index < -0.39 is 65.7 Å². The van der Waals surface area contributed by atoms with Gasteiger partial charge in [-0.1, -0.05) is 6.07 Å². The van der Waals surface area contributed by atoms with Crippen molar-refractivity contribution in [2.45, 2.75) is 43.7 Å². The van der Waals surface area contributed by atoms with Crippen molar-refractivity contribution < 1.29 is 31.1 Å². The number of halogens is 6. The minimum atomic E-state index is -3.41. The Morgan fingerprint density at radius 2 is 1.89 bits per heavy atom. The lowest BCUT2D eigenvalue weighted by molar-refractivity contribution is -0.123. The van der Waals surface area contributed by atoms with Crippen molar-refractivity contribution in [2.24, 2.45) is 5.92 Å². The average Bonchev–Trinajstić information content (AvgIpc) is 3.30. The molecular formula is C31H21F6N7OS. The maximum Gasteiger partial charge on any atom is 0.293 e. The molecule has 0 unspecified atom stereocenters. The number of carbonyl (C=O) groups is 1. The minimum absolute atomic E-state index is 0.0840. The van der Waals surface area contributed by atoms with Gasteiger partial charge in [-0.3, -0.25) is 14.5 Å². The van der Waals surface area contributed by atoms with Crippen LogP contribution in [0.15, 0.2) is 54.4 Å². The number of nitrogens with zero attached hydrogens (tertiary/aromatic N) is 5. The molecule has 0 radical (unpaired) electrons. The van der Waals surface area contributed by atoms with Crippen LogP contribution in [0.3, 0.4) is 0 Å². The first-order valence-electron chi connectivity index (χ1n) is 14.3. The lowest BCUT2D eigenvalue weighted by Crippen LogP contribution is -2.35. The molecule has 2 aliphatic rings. The predicted octanol–water partition coefficient (Wildman–Crippen LogP) is 6.96. The predicted molar refractivity (Wildman–Crippen MR) is 155 cm³/mol. The quantitative estimate of drug-likeness (QED) is 0.173. The third-order valence-electron chi connectivity index (χ3n) is 8.60. The van der Waals surface area contributed by atoms with Gasteiger partial charge in [-0.15, -0.1) is 11.3 Å². The number of hydrogen-bond donors (Lipinski definition) is 2. The van der Waals surface area contributed by atoms with E-state index in [1.807, 2.05) is 18.2 Å². The molecular weight excluding hydrogens is 632 g/mol. The van der Waals surface area contributed by atoms with E-state index in [0.29, 0.717) is 38.4 Å². The van der Waals surface area contributed by atoms with Gasteiger partial charge in [0.15, 0.2) is 0 Å². The molecule has 0 saturated heterocycles. The van der Waals surface area contributed by atoms with Gasteiger partial charge >= 0.3 is 0 Å². The molecule has 1 amide bonds. The number of alkyl halides is 4. The summed E-state index contributed by atoms with van der Waals surface area (Å²) in [7, 11) is 0. The second kappa shape index (κ2) is 10.4. The van der Waals surface area contributed by atoms with Crippen LogP contribution in [0.4, 0.5) is 26.3 Å². The number of amides is 1. The Hall–Kier alpha value is -4.79. The smallest absolute Gasteiger partial charge is 0.293 e. The number of benzene rings is 2. The third-order valence-corrected chi connectivity index (χ3v) is 9.41. The summed E-state index contributed by atoms with van der Waals surface area (Å²) in [5.41, 5.74) is 3.47. The molecule has 0 aliphatic heterocycles. The first-order valence-corrected chi connectivity index (χ1v) is 15.1. The summed E-state index contributed by atoms with van der Waals surface area (Å²) in [5, 5.41) is 6.50. The van der Waals surface area contributed by atoms with Crippen LogP contribution in [0.5, 0.6) is 0 Å². The molecule has 0 spiro atoms. The van der Waals surface area contributed by atoms with Crippen LogP contribution in [0.2, 0.25) is 0 Å². The number of fused-ring (bicyclic) bond motifs is 5. The van der Waals surface area contributed by atoms with Crippen molar-refractivity contribution in [1.82, 2.24) is 35.0 Å². The first-order chi connectivity index (χ1) is 22.1. The van der Waals surface area contributed by atoms with Crippen LogP contribution in [0, 0.1) is 17.6 Å². The van der Waals surface area contributed by atoms with E-state index in [0.717, 1.165) is 16.8 Å². The third kappa shape index (κ3) is 4.63. The van der Waals surface area contributed by atoms with Crippen molar-refractivity contribution in [3.63, 3.8) is 0 Å². The topological polar surface area (TPSA) is 101 Å². The summed E-state index contributed by atoms with van der Waals surface area (Å²) < 4.78 is 88.1. The molecule has 8 rings (SSSR count). The highest BCUT2D eigenvalue weighted by atomic mass is 32.1. The molecule has 6 aromatic rings. The molecule has 3 atom stereocenters. The van der Waals surface area contributed by atoms with Gasteiger partial charge in [-0.2, -0.15) is 13.9 Å². The van der Waals surface area contributed by atoms with Crippen LogP contribution < -0.4 is 5.32 Å². The van der Waals surface area contributed by atoms with Crippen molar-refractivity contribution >= 4 is 38.5 Å². The normalized spacial score (nSPS) is 18.7. The molecule has 234 valence electrons. The van der Waals surface area contributed by atoms with Crippen LogP contribution >= 0.6 is 11.3 Å². The van der Waals surface area contributed by atoms with Crippen LogP contribution in [-0.4, -0.2) is 35.6 Å². The van der Waals surface area contributed by atoms with E-state index in [4.69, 9.17) is 0 Å². The maximum atomic E-state index is 15.2. The zero-order valence-corrected chi connectivity index (χ0v) is 24.3. The van der Waals surface area contributed by atoms with E-state index in [9.17, 15) is 22.4 Å². The molecule has 4 heterocycles. The number of H-pyrrole nitrogens is 1. The maximum absolute atomic E-state index is 15.2. The largest absolute Gasteiger partial charge is 0.346 e. The SMILES string of the molecule is O=C(Cn1nc(C(F)F)c2c1C(F)(F)[C@@H]1C[C@H]21)N[C@H](Cc1cc(F)cc(F)c1)c1ncc2[nH]cnc2c1-c1ccc2scnc2c1. The number of aromatic nitrogens is 6. The molecule has 1 fully saturated rings. The molecule has 2 aliphatic carbocycles. The molecule has 1 saturated carbocycles. The number of pyridine rings is 1. The lowest BCUT2D eigenvalue weighted by Gasteiger charge is -2.22. The summed E-state index contributed by atoms with van der Waals surface area (Å²) in [6.45, 7) is -0.789. The van der Waals surface area contributed by atoms with Crippen LogP contribution in [0.25, 0.3) is 32.4 Å². The van der Waals surface area contributed by atoms with Gasteiger partial charge in [-0.25, -0.2) is 27.5 Å². The molecule has 15 heteroatoms. The Morgan fingerprint density at radius 1 is 1.09 bits per heavy atom. The highest BCUT2D eigenvalue weighted by Crippen LogP contribution is 2.68. The van der Waals surface area contributed by atoms with Gasteiger partial charge < -0.3 is 10.3 Å². The molecule has 0 bridgehead atoms. The van der Waals surface area contributed by atoms with Crippen molar-refractivity contribution in [2.75, 3.05) is 0 Å². The molecule has 8 nitrogen and oxygen atoms in total. The Morgan fingerprint density at radius 3 is 2.67 bits per heavy atom. The Balaban J connectivity index is 1.21. The number of carbonyl (C=O) groups excluding carboxylic acids is 1. The molecule has 2 aromatic carbocycles. The summed E-state index contributed by atoms with van der Waals surface area (Å²) in [4.78, 5) is 30.1. The first kappa shape index (κ1) is 28.7. The van der Waals surface area contributed by atoms with Crippen LogP contribution in [0.1, 0.15) is 53.0 Å². The zero-order chi connectivity index (χ0) is 31.9. The molecule has 4 aromatic heterocycles. The minimum Gasteiger partial charge on any atom is -0.346 e. The van der Waals surface area contributed by atoms with E-state index in [2.05, 4.69) is 30.4 Å². The number of imidazole rings is 1. The highest BCUT2D eigenvalue weighted by Gasteiger charge is 2.67. The fraction of sp³-hybridized carbons (Fsp3) is 0.258. The van der Waals surface area contributed by atoms with Gasteiger partial charge in [0.1, 0.15) is 29.6 Å². The van der Waals surface area contributed by atoms with E-state index in [1.54, 1.807) is 5.51 Å². The van der Waals surface area contributed by atoms with E-state index in [-0.39, 0.29) is 29.7 Å². The Bertz CT molecular complexity index is 2160. The van der Waals surface area contributed by atoms with Gasteiger partial charge in [-0.05, 0) is 54.2 Å². The summed E-state index contributed by atoms with van der Waals surface area (Å²) >= 11 is 1.45. The monoisotopic (exact) mass is 653 g/mol. The van der Waals surface area contributed by atoms with E-state index in [1.165, 1.54) is 23.9 Å². The second-order valence-corrected chi connectivity index (χ2v) is 12.4.